The lowest BCUT2D eigenvalue weighted by atomic mass is 9.87. The minimum absolute atomic E-state index is 0.0810. The van der Waals surface area contributed by atoms with Crippen LogP contribution in [-0.2, 0) is 6.54 Å². The van der Waals surface area contributed by atoms with Gasteiger partial charge < -0.3 is 20.6 Å². The first-order valence-corrected chi connectivity index (χ1v) is 6.55. The Balaban J connectivity index is 1.75. The van der Waals surface area contributed by atoms with E-state index in [1.54, 1.807) is 12.1 Å². The number of aliphatic hydroxyl groups is 1. The number of benzene rings is 1. The summed E-state index contributed by atoms with van der Waals surface area (Å²) in [6, 6.07) is 4.66. The summed E-state index contributed by atoms with van der Waals surface area (Å²) in [5, 5.41) is 31.6. The van der Waals surface area contributed by atoms with Crippen molar-refractivity contribution < 1.29 is 15.3 Å². The zero-order chi connectivity index (χ0) is 13.0. The van der Waals surface area contributed by atoms with Gasteiger partial charge in [0, 0.05) is 18.2 Å². The molecule has 0 unspecified atom stereocenters. The number of hydrogen-bond donors (Lipinski definition) is 4. The molecule has 0 bridgehead atoms. The van der Waals surface area contributed by atoms with Gasteiger partial charge in [-0.3, -0.25) is 0 Å². The largest absolute Gasteiger partial charge is 0.508 e. The average molecular weight is 251 g/mol. The number of aliphatic hydroxyl groups excluding tert-OH is 1. The van der Waals surface area contributed by atoms with Crippen LogP contribution in [0.4, 0.5) is 0 Å². The smallest absolute Gasteiger partial charge is 0.123 e. The number of hydrogen-bond acceptors (Lipinski definition) is 4. The van der Waals surface area contributed by atoms with Crippen molar-refractivity contribution in [3.8, 4) is 11.5 Å². The Bertz CT molecular complexity index is 387. The van der Waals surface area contributed by atoms with Crippen molar-refractivity contribution in [1.82, 2.24) is 5.32 Å². The first-order valence-electron chi connectivity index (χ1n) is 6.55. The highest BCUT2D eigenvalue weighted by Gasteiger charge is 2.18. The molecule has 1 aliphatic carbocycles. The van der Waals surface area contributed by atoms with E-state index in [9.17, 15) is 15.3 Å². The Morgan fingerprint density at radius 2 is 1.83 bits per heavy atom. The SMILES string of the molecule is Oc1ccc(CNCC2CCC(O)CC2)c(O)c1. The van der Waals surface area contributed by atoms with Gasteiger partial charge in [-0.1, -0.05) is 6.07 Å². The fourth-order valence-electron chi connectivity index (χ4n) is 2.46. The second-order valence-corrected chi connectivity index (χ2v) is 5.12. The van der Waals surface area contributed by atoms with Crippen molar-refractivity contribution in [3.05, 3.63) is 23.8 Å². The third-order valence-electron chi connectivity index (χ3n) is 3.63. The molecule has 1 aliphatic rings. The van der Waals surface area contributed by atoms with Gasteiger partial charge in [0.05, 0.1) is 6.10 Å². The maximum absolute atomic E-state index is 9.63. The van der Waals surface area contributed by atoms with E-state index in [4.69, 9.17) is 0 Å². The summed E-state index contributed by atoms with van der Waals surface area (Å²) in [6.07, 6.45) is 3.82. The molecule has 0 aromatic heterocycles. The number of rotatable bonds is 4. The average Bonchev–Trinajstić information content (AvgIpc) is 2.34. The fraction of sp³-hybridized carbons (Fsp3) is 0.571. The molecule has 1 aromatic carbocycles. The van der Waals surface area contributed by atoms with Gasteiger partial charge >= 0.3 is 0 Å². The van der Waals surface area contributed by atoms with Crippen molar-refractivity contribution in [3.63, 3.8) is 0 Å². The van der Waals surface area contributed by atoms with Crippen molar-refractivity contribution in [2.24, 2.45) is 5.92 Å². The summed E-state index contributed by atoms with van der Waals surface area (Å²) < 4.78 is 0. The maximum atomic E-state index is 9.63. The van der Waals surface area contributed by atoms with Crippen LogP contribution in [0.2, 0.25) is 0 Å². The van der Waals surface area contributed by atoms with Gasteiger partial charge in [0.1, 0.15) is 11.5 Å². The molecule has 1 saturated carbocycles. The van der Waals surface area contributed by atoms with Gasteiger partial charge in [-0.2, -0.15) is 0 Å². The zero-order valence-corrected chi connectivity index (χ0v) is 10.5. The molecular weight excluding hydrogens is 230 g/mol. The van der Waals surface area contributed by atoms with Crippen LogP contribution in [-0.4, -0.2) is 28.0 Å². The quantitative estimate of drug-likeness (QED) is 0.657. The summed E-state index contributed by atoms with van der Waals surface area (Å²) >= 11 is 0. The Morgan fingerprint density at radius 3 is 2.50 bits per heavy atom. The van der Waals surface area contributed by atoms with E-state index in [0.29, 0.717) is 12.5 Å². The molecule has 4 heteroatoms. The number of phenolic OH excluding ortho intramolecular Hbond substituents is 2. The van der Waals surface area contributed by atoms with Crippen LogP contribution in [0.15, 0.2) is 18.2 Å². The zero-order valence-electron chi connectivity index (χ0n) is 10.5. The summed E-state index contributed by atoms with van der Waals surface area (Å²) in [4.78, 5) is 0. The third-order valence-corrected chi connectivity index (χ3v) is 3.63. The van der Waals surface area contributed by atoms with Crippen molar-refractivity contribution in [1.29, 1.82) is 0 Å². The van der Waals surface area contributed by atoms with Crippen molar-refractivity contribution in [2.45, 2.75) is 38.3 Å². The standard InChI is InChI=1S/C14H21NO3/c16-12-4-1-10(2-5-12)8-15-9-11-3-6-13(17)7-14(11)18/h3,6-7,10,12,15-18H,1-2,4-5,8-9H2. The van der Waals surface area contributed by atoms with E-state index in [2.05, 4.69) is 5.32 Å². The predicted molar refractivity (Wildman–Crippen MR) is 69.4 cm³/mol. The molecule has 0 atom stereocenters. The lowest BCUT2D eigenvalue weighted by Gasteiger charge is -2.25. The molecule has 1 aromatic rings. The highest BCUT2D eigenvalue weighted by atomic mass is 16.3. The molecule has 0 spiro atoms. The number of phenols is 2. The van der Waals surface area contributed by atoms with E-state index in [1.807, 2.05) is 0 Å². The lowest BCUT2D eigenvalue weighted by Crippen LogP contribution is -2.27. The maximum Gasteiger partial charge on any atom is 0.123 e. The van der Waals surface area contributed by atoms with E-state index >= 15 is 0 Å². The monoisotopic (exact) mass is 251 g/mol. The molecule has 4 N–H and O–H groups in total. The van der Waals surface area contributed by atoms with Crippen molar-refractivity contribution in [2.75, 3.05) is 6.54 Å². The summed E-state index contributed by atoms with van der Waals surface area (Å²) in [6.45, 7) is 1.51. The topological polar surface area (TPSA) is 72.7 Å². The van der Waals surface area contributed by atoms with Crippen LogP contribution in [0, 0.1) is 5.92 Å². The Kier molecular flexibility index (Phi) is 4.44. The summed E-state index contributed by atoms with van der Waals surface area (Å²) in [5.74, 6) is 0.826. The molecule has 0 radical (unpaired) electrons. The highest BCUT2D eigenvalue weighted by molar-refractivity contribution is 5.38. The van der Waals surface area contributed by atoms with Gasteiger partial charge in [0.15, 0.2) is 0 Å². The normalized spacial score (nSPS) is 24.1. The Morgan fingerprint density at radius 1 is 1.11 bits per heavy atom. The first kappa shape index (κ1) is 13.2. The van der Waals surface area contributed by atoms with Gasteiger partial charge in [-0.05, 0) is 44.2 Å². The summed E-state index contributed by atoms with van der Waals surface area (Å²) in [5.41, 5.74) is 0.795. The molecule has 0 heterocycles. The highest BCUT2D eigenvalue weighted by Crippen LogP contribution is 2.24. The minimum atomic E-state index is -0.109. The predicted octanol–water partition coefficient (Wildman–Crippen LogP) is 1.74. The Labute approximate surface area is 107 Å². The molecule has 4 nitrogen and oxygen atoms in total. The van der Waals surface area contributed by atoms with Crippen LogP contribution >= 0.6 is 0 Å². The molecule has 0 aliphatic heterocycles. The molecule has 0 amide bonds. The Hall–Kier alpha value is -1.26. The van der Waals surface area contributed by atoms with Crippen LogP contribution in [0.3, 0.4) is 0 Å². The van der Waals surface area contributed by atoms with E-state index in [0.717, 1.165) is 37.8 Å². The summed E-state index contributed by atoms with van der Waals surface area (Å²) in [7, 11) is 0. The van der Waals surface area contributed by atoms with Gasteiger partial charge in [0.2, 0.25) is 0 Å². The van der Waals surface area contributed by atoms with Gasteiger partial charge in [0.25, 0.3) is 0 Å². The van der Waals surface area contributed by atoms with Gasteiger partial charge in [-0.25, -0.2) is 0 Å². The second-order valence-electron chi connectivity index (χ2n) is 5.12. The van der Waals surface area contributed by atoms with Gasteiger partial charge in [-0.15, -0.1) is 0 Å². The first-order chi connectivity index (χ1) is 8.65. The molecule has 18 heavy (non-hydrogen) atoms. The number of aromatic hydroxyl groups is 2. The van der Waals surface area contributed by atoms with Crippen LogP contribution in [0.5, 0.6) is 11.5 Å². The van der Waals surface area contributed by atoms with Crippen LogP contribution in [0.1, 0.15) is 31.2 Å². The number of nitrogens with one attached hydrogen (secondary N) is 1. The molecule has 100 valence electrons. The van der Waals surface area contributed by atoms with E-state index in [1.165, 1.54) is 6.07 Å². The second kappa shape index (κ2) is 6.07. The van der Waals surface area contributed by atoms with E-state index < -0.39 is 0 Å². The fourth-order valence-corrected chi connectivity index (χ4v) is 2.46. The molecule has 2 rings (SSSR count). The lowest BCUT2D eigenvalue weighted by molar-refractivity contribution is 0.108. The van der Waals surface area contributed by atoms with Crippen LogP contribution in [0.25, 0.3) is 0 Å². The van der Waals surface area contributed by atoms with E-state index in [-0.39, 0.29) is 17.6 Å². The van der Waals surface area contributed by atoms with Crippen LogP contribution < -0.4 is 5.32 Å². The molecular formula is C14H21NO3. The minimum Gasteiger partial charge on any atom is -0.508 e. The molecule has 1 fully saturated rings. The van der Waals surface area contributed by atoms with Crippen molar-refractivity contribution >= 4 is 0 Å². The third kappa shape index (κ3) is 3.62. The molecule has 0 saturated heterocycles.